The zero-order chi connectivity index (χ0) is 16.4. The fourth-order valence-corrected chi connectivity index (χ4v) is 3.58. The maximum absolute atomic E-state index is 13.3. The molecule has 0 spiro atoms. The van der Waals surface area contributed by atoms with Crippen molar-refractivity contribution in [2.45, 2.75) is 19.4 Å². The number of aryl methyl sites for hydroxylation is 1. The van der Waals surface area contributed by atoms with Crippen LogP contribution in [0.1, 0.15) is 22.9 Å². The first-order valence-corrected chi connectivity index (χ1v) is 8.12. The van der Waals surface area contributed by atoms with Crippen LogP contribution in [0, 0.1) is 18.6 Å². The maximum Gasteiger partial charge on any atom is 0.126 e. The maximum atomic E-state index is 13.3. The average molecular weight is 330 g/mol. The third kappa shape index (κ3) is 3.46. The first kappa shape index (κ1) is 15.8. The molecule has 3 rings (SSSR count). The topological polar surface area (TPSA) is 38.9 Å². The van der Waals surface area contributed by atoms with Gasteiger partial charge in [-0.1, -0.05) is 24.3 Å². The van der Waals surface area contributed by atoms with Gasteiger partial charge in [0.2, 0.25) is 0 Å². The molecule has 0 aliphatic rings. The highest BCUT2D eigenvalue weighted by molar-refractivity contribution is 7.13. The molecule has 23 heavy (non-hydrogen) atoms. The molecule has 0 aliphatic heterocycles. The third-order valence-corrected chi connectivity index (χ3v) is 4.59. The van der Waals surface area contributed by atoms with Gasteiger partial charge in [0.05, 0.1) is 22.1 Å². The van der Waals surface area contributed by atoms with Crippen molar-refractivity contribution in [3.63, 3.8) is 0 Å². The second-order valence-corrected chi connectivity index (χ2v) is 6.32. The van der Waals surface area contributed by atoms with Gasteiger partial charge in [-0.2, -0.15) is 0 Å². The van der Waals surface area contributed by atoms with Crippen molar-refractivity contribution in [1.29, 1.82) is 0 Å². The molecular formula is C18H16F2N2S. The lowest BCUT2D eigenvalue weighted by Gasteiger charge is -2.13. The summed E-state index contributed by atoms with van der Waals surface area (Å²) in [5.41, 5.74) is 11.5. The standard InChI is InChI=1S/C18H16F2N2S/c1-11-4-2-3-5-15(11)18-17(22-10-23-18)16(21)8-12-6-13(19)9-14(20)7-12/h2-7,9-10,16H,8,21H2,1H3. The number of aromatic nitrogens is 1. The number of thiazole rings is 1. The minimum atomic E-state index is -0.593. The molecule has 3 aromatic rings. The summed E-state index contributed by atoms with van der Waals surface area (Å²) >= 11 is 1.52. The molecule has 2 aromatic carbocycles. The van der Waals surface area contributed by atoms with Crippen molar-refractivity contribution >= 4 is 11.3 Å². The first-order valence-electron chi connectivity index (χ1n) is 7.24. The van der Waals surface area contributed by atoms with Gasteiger partial charge in [0.25, 0.3) is 0 Å². The van der Waals surface area contributed by atoms with Crippen LogP contribution in [-0.4, -0.2) is 4.98 Å². The summed E-state index contributed by atoms with van der Waals surface area (Å²) in [5.74, 6) is -1.19. The average Bonchev–Trinajstić information content (AvgIpc) is 2.96. The van der Waals surface area contributed by atoms with E-state index in [1.54, 1.807) is 5.51 Å². The Bertz CT molecular complexity index is 809. The Morgan fingerprint density at radius 3 is 2.52 bits per heavy atom. The number of nitrogens with two attached hydrogens (primary N) is 1. The summed E-state index contributed by atoms with van der Waals surface area (Å²) in [4.78, 5) is 5.39. The quantitative estimate of drug-likeness (QED) is 0.757. The van der Waals surface area contributed by atoms with E-state index in [0.717, 1.165) is 27.8 Å². The molecule has 0 radical (unpaired) electrons. The number of hydrogen-bond acceptors (Lipinski definition) is 3. The lowest BCUT2D eigenvalue weighted by Crippen LogP contribution is -2.15. The molecule has 118 valence electrons. The van der Waals surface area contributed by atoms with E-state index >= 15 is 0 Å². The molecule has 5 heteroatoms. The summed E-state index contributed by atoms with van der Waals surface area (Å²) < 4.78 is 26.6. The number of benzene rings is 2. The second-order valence-electron chi connectivity index (χ2n) is 5.47. The molecule has 2 N–H and O–H groups in total. The molecule has 0 aliphatic carbocycles. The van der Waals surface area contributed by atoms with Gasteiger partial charge in [-0.3, -0.25) is 0 Å². The largest absolute Gasteiger partial charge is 0.322 e. The Morgan fingerprint density at radius 2 is 1.83 bits per heavy atom. The highest BCUT2D eigenvalue weighted by Crippen LogP contribution is 2.33. The number of halogens is 2. The van der Waals surface area contributed by atoms with Crippen molar-refractivity contribution in [1.82, 2.24) is 4.98 Å². The molecule has 0 bridgehead atoms. The lowest BCUT2D eigenvalue weighted by atomic mass is 9.99. The van der Waals surface area contributed by atoms with Crippen LogP contribution in [0.25, 0.3) is 10.4 Å². The monoisotopic (exact) mass is 330 g/mol. The van der Waals surface area contributed by atoms with Crippen LogP contribution in [0.5, 0.6) is 0 Å². The Labute approximate surface area is 137 Å². The second kappa shape index (κ2) is 6.56. The molecule has 0 amide bonds. The summed E-state index contributed by atoms with van der Waals surface area (Å²) in [5, 5.41) is 0. The highest BCUT2D eigenvalue weighted by Gasteiger charge is 2.18. The van der Waals surface area contributed by atoms with Gasteiger partial charge >= 0.3 is 0 Å². The smallest absolute Gasteiger partial charge is 0.126 e. The lowest BCUT2D eigenvalue weighted by molar-refractivity contribution is 0.576. The van der Waals surface area contributed by atoms with E-state index in [2.05, 4.69) is 4.98 Å². The van der Waals surface area contributed by atoms with Gasteiger partial charge in [0, 0.05) is 6.07 Å². The predicted molar refractivity (Wildman–Crippen MR) is 89.3 cm³/mol. The van der Waals surface area contributed by atoms with Crippen LogP contribution >= 0.6 is 11.3 Å². The van der Waals surface area contributed by atoms with Crippen molar-refractivity contribution < 1.29 is 8.78 Å². The first-order chi connectivity index (χ1) is 11.0. The van der Waals surface area contributed by atoms with E-state index in [-0.39, 0.29) is 0 Å². The molecule has 2 nitrogen and oxygen atoms in total. The fourth-order valence-electron chi connectivity index (χ4n) is 2.63. The van der Waals surface area contributed by atoms with Crippen molar-refractivity contribution in [3.8, 4) is 10.4 Å². The van der Waals surface area contributed by atoms with Crippen molar-refractivity contribution in [2.24, 2.45) is 5.73 Å². The summed E-state index contributed by atoms with van der Waals surface area (Å²) in [6.45, 7) is 2.03. The van der Waals surface area contributed by atoms with Crippen LogP contribution in [0.4, 0.5) is 8.78 Å². The molecule has 1 heterocycles. The molecule has 1 unspecified atom stereocenters. The molecule has 0 fully saturated rings. The van der Waals surface area contributed by atoms with Crippen molar-refractivity contribution in [3.05, 3.63) is 76.4 Å². The third-order valence-electron chi connectivity index (χ3n) is 3.71. The van der Waals surface area contributed by atoms with Crippen LogP contribution in [0.2, 0.25) is 0 Å². The van der Waals surface area contributed by atoms with Crippen molar-refractivity contribution in [2.75, 3.05) is 0 Å². The predicted octanol–water partition coefficient (Wildman–Crippen LogP) is 4.64. The minimum absolute atomic E-state index is 0.331. The zero-order valence-corrected chi connectivity index (χ0v) is 13.4. The Kier molecular flexibility index (Phi) is 4.50. The summed E-state index contributed by atoms with van der Waals surface area (Å²) in [6, 6.07) is 11.1. The van der Waals surface area contributed by atoms with Crippen LogP contribution < -0.4 is 5.73 Å². The Hall–Kier alpha value is -2.11. The van der Waals surface area contributed by atoms with Gasteiger partial charge in [-0.05, 0) is 42.2 Å². The Morgan fingerprint density at radius 1 is 1.13 bits per heavy atom. The van der Waals surface area contributed by atoms with E-state index in [1.165, 1.54) is 23.5 Å². The van der Waals surface area contributed by atoms with Gasteiger partial charge in [-0.25, -0.2) is 13.8 Å². The van der Waals surface area contributed by atoms with Crippen LogP contribution in [0.3, 0.4) is 0 Å². The molecule has 0 saturated carbocycles. The number of nitrogens with zero attached hydrogens (tertiary/aromatic N) is 1. The van der Waals surface area contributed by atoms with Crippen LogP contribution in [-0.2, 0) is 6.42 Å². The van der Waals surface area contributed by atoms with E-state index in [0.29, 0.717) is 12.0 Å². The SMILES string of the molecule is Cc1ccccc1-c1scnc1C(N)Cc1cc(F)cc(F)c1. The van der Waals surface area contributed by atoms with Crippen LogP contribution in [0.15, 0.2) is 48.0 Å². The molecule has 1 atom stereocenters. The number of hydrogen-bond donors (Lipinski definition) is 1. The summed E-state index contributed by atoms with van der Waals surface area (Å²) in [6.07, 6.45) is 0.331. The zero-order valence-electron chi connectivity index (χ0n) is 12.6. The highest BCUT2D eigenvalue weighted by atomic mass is 32.1. The van der Waals surface area contributed by atoms with Gasteiger partial charge in [-0.15, -0.1) is 11.3 Å². The molecule has 0 saturated heterocycles. The molecular weight excluding hydrogens is 314 g/mol. The summed E-state index contributed by atoms with van der Waals surface area (Å²) in [7, 11) is 0. The fraction of sp³-hybridized carbons (Fsp3) is 0.167. The minimum Gasteiger partial charge on any atom is -0.322 e. The van der Waals surface area contributed by atoms with E-state index in [1.807, 2.05) is 31.2 Å². The van der Waals surface area contributed by atoms with Gasteiger partial charge in [0.1, 0.15) is 11.6 Å². The van der Waals surface area contributed by atoms with E-state index < -0.39 is 17.7 Å². The Balaban J connectivity index is 1.91. The van der Waals surface area contributed by atoms with Gasteiger partial charge < -0.3 is 5.73 Å². The number of rotatable bonds is 4. The van der Waals surface area contributed by atoms with E-state index in [9.17, 15) is 8.78 Å². The molecule has 1 aromatic heterocycles. The normalized spacial score (nSPS) is 12.3. The van der Waals surface area contributed by atoms with E-state index in [4.69, 9.17) is 5.73 Å². The van der Waals surface area contributed by atoms with Gasteiger partial charge in [0.15, 0.2) is 0 Å².